The molecular formula is C24H15NO7. The number of nitrogens with zero attached hydrogens (tertiary/aromatic N) is 1. The van der Waals surface area contributed by atoms with E-state index in [1.807, 2.05) is 0 Å². The molecule has 0 N–H and O–H groups in total. The Kier molecular flexibility index (Phi) is 4.67. The first-order valence-electron chi connectivity index (χ1n) is 9.80. The van der Waals surface area contributed by atoms with E-state index in [1.54, 1.807) is 60.7 Å². The zero-order valence-electron chi connectivity index (χ0n) is 16.6. The van der Waals surface area contributed by atoms with Crippen molar-refractivity contribution in [1.29, 1.82) is 0 Å². The number of benzene rings is 2. The average Bonchev–Trinajstić information content (AvgIpc) is 3.42. The summed E-state index contributed by atoms with van der Waals surface area (Å²) in [6, 6.07) is 16.2. The van der Waals surface area contributed by atoms with Crippen molar-refractivity contribution in [2.45, 2.75) is 6.42 Å². The van der Waals surface area contributed by atoms with Gasteiger partial charge in [0, 0.05) is 6.54 Å². The van der Waals surface area contributed by atoms with Gasteiger partial charge in [0.1, 0.15) is 5.58 Å². The summed E-state index contributed by atoms with van der Waals surface area (Å²) in [4.78, 5) is 51.5. The number of esters is 1. The third-order valence-electron chi connectivity index (χ3n) is 5.13. The Bertz CT molecular complexity index is 1400. The van der Waals surface area contributed by atoms with Crippen molar-refractivity contribution in [2.24, 2.45) is 0 Å². The maximum absolute atomic E-state index is 13.0. The van der Waals surface area contributed by atoms with Crippen LogP contribution >= 0.6 is 0 Å². The van der Waals surface area contributed by atoms with Crippen LogP contribution < -0.4 is 10.2 Å². The minimum absolute atomic E-state index is 0.0206. The van der Waals surface area contributed by atoms with Gasteiger partial charge in [0.2, 0.25) is 16.9 Å². The van der Waals surface area contributed by atoms with Crippen LogP contribution in [0.4, 0.5) is 0 Å². The molecule has 0 saturated heterocycles. The number of hydrogen-bond acceptors (Lipinski definition) is 7. The Morgan fingerprint density at radius 2 is 1.56 bits per heavy atom. The topological polar surface area (TPSA) is 107 Å². The fourth-order valence-electron chi connectivity index (χ4n) is 3.60. The van der Waals surface area contributed by atoms with E-state index in [0.29, 0.717) is 16.7 Å². The Hall–Kier alpha value is -4.46. The molecule has 4 aromatic rings. The zero-order chi connectivity index (χ0) is 22.2. The molecule has 0 atom stereocenters. The zero-order valence-corrected chi connectivity index (χ0v) is 16.6. The lowest BCUT2D eigenvalue weighted by Gasteiger charge is -2.13. The molecule has 0 spiro atoms. The summed E-state index contributed by atoms with van der Waals surface area (Å²) >= 11 is 0. The molecule has 3 heterocycles. The standard InChI is InChI=1S/C24H15NO7/c26-19(11-12-25-23(28)14-6-1-2-7-15(14)24(25)29)32-22-20(27)16-8-3-4-9-17(16)31-21(22)18-10-5-13-30-18/h1-10,13H,11-12H2. The van der Waals surface area contributed by atoms with E-state index >= 15 is 0 Å². The number of imide groups is 1. The second-order valence-corrected chi connectivity index (χ2v) is 7.09. The molecule has 2 amide bonds. The van der Waals surface area contributed by atoms with Crippen molar-refractivity contribution in [3.63, 3.8) is 0 Å². The minimum Gasteiger partial charge on any atom is -0.461 e. The monoisotopic (exact) mass is 429 g/mol. The summed E-state index contributed by atoms with van der Waals surface area (Å²) < 4.78 is 16.5. The van der Waals surface area contributed by atoms with Gasteiger partial charge in [0.25, 0.3) is 11.8 Å². The van der Waals surface area contributed by atoms with Crippen LogP contribution in [0.2, 0.25) is 0 Å². The van der Waals surface area contributed by atoms with E-state index in [2.05, 4.69) is 0 Å². The van der Waals surface area contributed by atoms with Gasteiger partial charge in [-0.1, -0.05) is 24.3 Å². The van der Waals surface area contributed by atoms with E-state index < -0.39 is 23.2 Å². The predicted molar refractivity (Wildman–Crippen MR) is 112 cm³/mol. The summed E-state index contributed by atoms with van der Waals surface area (Å²) in [5, 5.41) is 0.242. The van der Waals surface area contributed by atoms with Gasteiger partial charge in [-0.25, -0.2) is 0 Å². The van der Waals surface area contributed by atoms with Gasteiger partial charge in [-0.15, -0.1) is 0 Å². The summed E-state index contributed by atoms with van der Waals surface area (Å²) in [7, 11) is 0. The first-order valence-corrected chi connectivity index (χ1v) is 9.80. The number of rotatable bonds is 5. The fourth-order valence-corrected chi connectivity index (χ4v) is 3.60. The molecule has 0 fully saturated rings. The van der Waals surface area contributed by atoms with Gasteiger partial charge in [-0.3, -0.25) is 24.1 Å². The second kappa shape index (κ2) is 7.66. The van der Waals surface area contributed by atoms with Crippen LogP contribution in [0.15, 0.2) is 80.6 Å². The summed E-state index contributed by atoms with van der Waals surface area (Å²) in [5.41, 5.74) is 0.365. The maximum atomic E-state index is 13.0. The van der Waals surface area contributed by atoms with Crippen molar-refractivity contribution >= 4 is 28.8 Å². The lowest BCUT2D eigenvalue weighted by molar-refractivity contribution is -0.134. The van der Waals surface area contributed by atoms with Gasteiger partial charge >= 0.3 is 5.97 Å². The largest absolute Gasteiger partial charge is 0.461 e. The Labute approximate surface area is 180 Å². The smallest absolute Gasteiger partial charge is 0.313 e. The van der Waals surface area contributed by atoms with E-state index in [0.717, 1.165) is 4.90 Å². The van der Waals surface area contributed by atoms with E-state index in [4.69, 9.17) is 13.6 Å². The highest BCUT2D eigenvalue weighted by Crippen LogP contribution is 2.31. The van der Waals surface area contributed by atoms with Crippen LogP contribution in [0.1, 0.15) is 27.1 Å². The molecule has 1 aliphatic heterocycles. The van der Waals surface area contributed by atoms with Crippen LogP contribution in [-0.4, -0.2) is 29.2 Å². The molecule has 1 aliphatic rings. The molecule has 2 aromatic carbocycles. The lowest BCUT2D eigenvalue weighted by atomic mass is 10.1. The molecule has 2 aromatic heterocycles. The van der Waals surface area contributed by atoms with Gasteiger partial charge < -0.3 is 13.6 Å². The molecule has 0 radical (unpaired) electrons. The summed E-state index contributed by atoms with van der Waals surface area (Å²) in [5.74, 6) is -1.86. The molecule has 0 aliphatic carbocycles. The molecule has 8 heteroatoms. The van der Waals surface area contributed by atoms with Crippen molar-refractivity contribution in [3.05, 3.63) is 88.3 Å². The van der Waals surface area contributed by atoms with Crippen molar-refractivity contribution in [3.8, 4) is 17.3 Å². The van der Waals surface area contributed by atoms with Crippen LogP contribution in [0, 0.1) is 0 Å². The molecule has 5 rings (SSSR count). The predicted octanol–water partition coefficient (Wildman–Crippen LogP) is 3.64. The van der Waals surface area contributed by atoms with Crippen LogP contribution in [0.25, 0.3) is 22.5 Å². The molecule has 158 valence electrons. The number of ether oxygens (including phenoxy) is 1. The molecule has 8 nitrogen and oxygen atoms in total. The fraction of sp³-hybridized carbons (Fsp3) is 0.0833. The van der Waals surface area contributed by atoms with Gasteiger partial charge in [0.15, 0.2) is 5.76 Å². The van der Waals surface area contributed by atoms with Crippen molar-refractivity contribution in [2.75, 3.05) is 6.54 Å². The van der Waals surface area contributed by atoms with Gasteiger partial charge in [-0.05, 0) is 36.4 Å². The molecule has 0 saturated carbocycles. The molecular weight excluding hydrogens is 414 g/mol. The number of fused-ring (bicyclic) bond motifs is 2. The van der Waals surface area contributed by atoms with E-state index in [1.165, 1.54) is 6.26 Å². The van der Waals surface area contributed by atoms with Crippen molar-refractivity contribution in [1.82, 2.24) is 4.90 Å². The van der Waals surface area contributed by atoms with Crippen LogP contribution in [0.5, 0.6) is 5.75 Å². The van der Waals surface area contributed by atoms with Crippen LogP contribution in [0.3, 0.4) is 0 Å². The summed E-state index contributed by atoms with van der Waals surface area (Å²) in [6.45, 7) is -0.180. The van der Waals surface area contributed by atoms with Crippen molar-refractivity contribution < 1.29 is 28.0 Å². The van der Waals surface area contributed by atoms with Gasteiger partial charge in [-0.2, -0.15) is 0 Å². The number of hydrogen-bond donors (Lipinski definition) is 0. The number of carbonyl (C=O) groups excluding carboxylic acids is 3. The third-order valence-corrected chi connectivity index (χ3v) is 5.13. The normalized spacial score (nSPS) is 12.9. The first kappa shape index (κ1) is 19.5. The number of furan rings is 1. The Balaban J connectivity index is 1.40. The van der Waals surface area contributed by atoms with E-state index in [-0.39, 0.29) is 35.6 Å². The number of carbonyl (C=O) groups is 3. The minimum atomic E-state index is -0.794. The summed E-state index contributed by atoms with van der Waals surface area (Å²) in [6.07, 6.45) is 1.10. The number of para-hydroxylation sites is 1. The third kappa shape index (κ3) is 3.18. The van der Waals surface area contributed by atoms with E-state index in [9.17, 15) is 19.2 Å². The highest BCUT2D eigenvalue weighted by Gasteiger charge is 2.35. The molecule has 0 unspecified atom stereocenters. The van der Waals surface area contributed by atoms with Gasteiger partial charge in [0.05, 0.1) is 29.2 Å². The number of amides is 2. The Morgan fingerprint density at radius 3 is 2.25 bits per heavy atom. The SMILES string of the molecule is O=C(CCN1C(=O)c2ccccc2C1=O)Oc1c(-c2ccco2)oc2ccccc2c1=O. The lowest BCUT2D eigenvalue weighted by Crippen LogP contribution is -2.32. The maximum Gasteiger partial charge on any atom is 0.313 e. The average molecular weight is 429 g/mol. The second-order valence-electron chi connectivity index (χ2n) is 7.09. The Morgan fingerprint density at radius 1 is 0.875 bits per heavy atom. The van der Waals surface area contributed by atoms with Crippen LogP contribution in [-0.2, 0) is 4.79 Å². The highest BCUT2D eigenvalue weighted by molar-refractivity contribution is 6.21. The highest BCUT2D eigenvalue weighted by atomic mass is 16.5. The first-order chi connectivity index (χ1) is 15.5. The molecule has 32 heavy (non-hydrogen) atoms. The quantitative estimate of drug-likeness (QED) is 0.352. The molecule has 0 bridgehead atoms.